The van der Waals surface area contributed by atoms with Gasteiger partial charge in [0.25, 0.3) is 0 Å². The van der Waals surface area contributed by atoms with Crippen molar-refractivity contribution in [3.05, 3.63) is 115 Å². The molecular formula is C31H25NO2. The largest absolute Gasteiger partial charge is 0.449 e. The average molecular weight is 444 g/mol. The summed E-state index contributed by atoms with van der Waals surface area (Å²) in [6, 6.07) is 40.3. The molecule has 6 rings (SSSR count). The molecule has 5 aromatic rings. The van der Waals surface area contributed by atoms with Crippen molar-refractivity contribution in [2.24, 2.45) is 0 Å². The fourth-order valence-corrected chi connectivity index (χ4v) is 4.63. The van der Waals surface area contributed by atoms with Crippen LogP contribution >= 0.6 is 0 Å². The Balaban J connectivity index is 1.57. The molecule has 0 amide bonds. The van der Waals surface area contributed by atoms with Gasteiger partial charge < -0.3 is 14.4 Å². The van der Waals surface area contributed by atoms with Crippen molar-refractivity contribution in [1.29, 1.82) is 0 Å². The summed E-state index contributed by atoms with van der Waals surface area (Å²) in [5.74, 6) is 0.914. The molecule has 3 nitrogen and oxygen atoms in total. The first-order valence-electron chi connectivity index (χ1n) is 11.5. The van der Waals surface area contributed by atoms with Gasteiger partial charge in [-0.25, -0.2) is 0 Å². The summed E-state index contributed by atoms with van der Waals surface area (Å²) in [6.45, 7) is 3.86. The van der Waals surface area contributed by atoms with E-state index in [-0.39, 0.29) is 0 Å². The quantitative estimate of drug-likeness (QED) is 0.278. The Bertz CT molecular complexity index is 1440. The van der Waals surface area contributed by atoms with Gasteiger partial charge in [-0.15, -0.1) is 0 Å². The predicted octanol–water partition coefficient (Wildman–Crippen LogP) is 8.48. The molecule has 0 spiro atoms. The fraction of sp³-hybridized carbons (Fsp3) is 0.0968. The molecule has 0 saturated heterocycles. The second-order valence-corrected chi connectivity index (χ2v) is 8.99. The number of benzene rings is 5. The van der Waals surface area contributed by atoms with Crippen LogP contribution in [0.5, 0.6) is 11.5 Å². The lowest BCUT2D eigenvalue weighted by Crippen LogP contribution is -2.29. The summed E-state index contributed by atoms with van der Waals surface area (Å²) in [7, 11) is 0. The molecule has 0 atom stereocenters. The molecule has 1 heterocycles. The van der Waals surface area contributed by atoms with E-state index in [0.717, 1.165) is 39.7 Å². The molecule has 0 aliphatic carbocycles. The monoisotopic (exact) mass is 443 g/mol. The molecule has 0 saturated carbocycles. The van der Waals surface area contributed by atoms with E-state index in [9.17, 15) is 0 Å². The highest BCUT2D eigenvalue weighted by molar-refractivity contribution is 6.02. The van der Waals surface area contributed by atoms with Crippen molar-refractivity contribution in [2.75, 3.05) is 4.90 Å². The first-order valence-corrected chi connectivity index (χ1v) is 11.5. The molecule has 1 aliphatic heterocycles. The van der Waals surface area contributed by atoms with Gasteiger partial charge in [0.15, 0.2) is 11.5 Å². The molecular weight excluding hydrogens is 418 g/mol. The SMILES string of the molecule is CC1(C)Oc2ccc(-c3cc(N(c4ccccc4)c4ccccc4)c4ccccc4c3)cc2O1. The lowest BCUT2D eigenvalue weighted by atomic mass is 9.98. The topological polar surface area (TPSA) is 21.7 Å². The van der Waals surface area contributed by atoms with E-state index in [4.69, 9.17) is 9.47 Å². The average Bonchev–Trinajstić information content (AvgIpc) is 3.18. The van der Waals surface area contributed by atoms with Crippen LogP contribution < -0.4 is 14.4 Å². The summed E-state index contributed by atoms with van der Waals surface area (Å²) in [5, 5.41) is 2.38. The fourth-order valence-electron chi connectivity index (χ4n) is 4.63. The smallest absolute Gasteiger partial charge is 0.246 e. The molecule has 1 aliphatic rings. The molecule has 0 radical (unpaired) electrons. The highest BCUT2D eigenvalue weighted by atomic mass is 16.7. The molecule has 0 N–H and O–H groups in total. The molecule has 3 heteroatoms. The Hall–Kier alpha value is -4.24. The molecule has 5 aromatic carbocycles. The van der Waals surface area contributed by atoms with E-state index in [1.165, 1.54) is 10.8 Å². The van der Waals surface area contributed by atoms with Crippen molar-refractivity contribution in [3.63, 3.8) is 0 Å². The van der Waals surface area contributed by atoms with Crippen LogP contribution in [0.15, 0.2) is 115 Å². The van der Waals surface area contributed by atoms with Crippen LogP contribution in [0.4, 0.5) is 17.1 Å². The first kappa shape index (κ1) is 20.4. The Morgan fingerprint density at radius 1 is 0.559 bits per heavy atom. The van der Waals surface area contributed by atoms with E-state index in [1.807, 2.05) is 19.9 Å². The van der Waals surface area contributed by atoms with Crippen LogP contribution in [-0.2, 0) is 0 Å². The van der Waals surface area contributed by atoms with Gasteiger partial charge in [0.2, 0.25) is 5.79 Å². The van der Waals surface area contributed by atoms with E-state index in [2.05, 4.69) is 114 Å². The Morgan fingerprint density at radius 3 is 1.88 bits per heavy atom. The van der Waals surface area contributed by atoms with Crippen molar-refractivity contribution in [2.45, 2.75) is 19.6 Å². The lowest BCUT2D eigenvalue weighted by Gasteiger charge is -2.27. The van der Waals surface area contributed by atoms with E-state index >= 15 is 0 Å². The predicted molar refractivity (Wildman–Crippen MR) is 139 cm³/mol. The summed E-state index contributed by atoms with van der Waals surface area (Å²) in [4.78, 5) is 2.32. The van der Waals surface area contributed by atoms with E-state index in [1.54, 1.807) is 0 Å². The van der Waals surface area contributed by atoms with Gasteiger partial charge in [0.05, 0.1) is 5.69 Å². The third-order valence-electron chi connectivity index (χ3n) is 6.10. The zero-order valence-corrected chi connectivity index (χ0v) is 19.2. The van der Waals surface area contributed by atoms with Crippen LogP contribution in [0.1, 0.15) is 13.8 Å². The van der Waals surface area contributed by atoms with Crippen molar-refractivity contribution in [3.8, 4) is 22.6 Å². The molecule has 34 heavy (non-hydrogen) atoms. The minimum Gasteiger partial charge on any atom is -0.449 e. The van der Waals surface area contributed by atoms with E-state index in [0.29, 0.717) is 0 Å². The summed E-state index contributed by atoms with van der Waals surface area (Å²) >= 11 is 0. The van der Waals surface area contributed by atoms with Gasteiger partial charge in [0.1, 0.15) is 0 Å². The zero-order valence-electron chi connectivity index (χ0n) is 19.2. The van der Waals surface area contributed by atoms with Crippen LogP contribution in [0.25, 0.3) is 21.9 Å². The summed E-state index contributed by atoms with van der Waals surface area (Å²) < 4.78 is 11.9. The highest BCUT2D eigenvalue weighted by Crippen LogP contribution is 2.44. The lowest BCUT2D eigenvalue weighted by molar-refractivity contribution is -0.0431. The number of hydrogen-bond acceptors (Lipinski definition) is 3. The summed E-state index contributed by atoms with van der Waals surface area (Å²) in [6.07, 6.45) is 0. The van der Waals surface area contributed by atoms with Crippen molar-refractivity contribution < 1.29 is 9.47 Å². The molecule has 0 bridgehead atoms. The maximum absolute atomic E-state index is 6.03. The molecule has 166 valence electrons. The number of ether oxygens (including phenoxy) is 2. The standard InChI is InChI=1S/C31H25NO2/c1-31(2)33-29-18-17-22(21-30(29)34-31)24-19-23-11-9-10-16-27(23)28(20-24)32(25-12-5-3-6-13-25)26-14-7-4-8-15-26/h3-21H,1-2H3. The number of para-hydroxylation sites is 2. The third-order valence-corrected chi connectivity index (χ3v) is 6.10. The van der Waals surface area contributed by atoms with Crippen molar-refractivity contribution in [1.82, 2.24) is 0 Å². The van der Waals surface area contributed by atoms with Crippen molar-refractivity contribution >= 4 is 27.8 Å². The Labute approximate surface area is 199 Å². The number of anilines is 3. The van der Waals surface area contributed by atoms with Gasteiger partial charge in [-0.1, -0.05) is 66.7 Å². The first-order chi connectivity index (χ1) is 16.6. The second kappa shape index (κ2) is 7.96. The maximum Gasteiger partial charge on any atom is 0.246 e. The Kier molecular flexibility index (Phi) is 4.77. The second-order valence-electron chi connectivity index (χ2n) is 8.99. The Morgan fingerprint density at radius 2 is 1.18 bits per heavy atom. The number of hydrogen-bond donors (Lipinski definition) is 0. The molecule has 0 unspecified atom stereocenters. The third kappa shape index (κ3) is 3.65. The van der Waals surface area contributed by atoms with E-state index < -0.39 is 5.79 Å². The number of fused-ring (bicyclic) bond motifs is 2. The van der Waals surface area contributed by atoms with Gasteiger partial charge >= 0.3 is 0 Å². The number of nitrogens with zero attached hydrogens (tertiary/aromatic N) is 1. The minimum absolute atomic E-state index is 0.646. The van der Waals surface area contributed by atoms with Crippen LogP contribution in [0.3, 0.4) is 0 Å². The van der Waals surface area contributed by atoms with Crippen LogP contribution in [0.2, 0.25) is 0 Å². The normalized spacial score (nSPS) is 13.7. The van der Waals surface area contributed by atoms with Gasteiger partial charge in [-0.2, -0.15) is 0 Å². The van der Waals surface area contributed by atoms with Crippen LogP contribution in [0, 0.1) is 0 Å². The maximum atomic E-state index is 6.03. The van der Waals surface area contributed by atoms with Gasteiger partial charge in [-0.05, 0) is 65.0 Å². The molecule has 0 aromatic heterocycles. The zero-order chi connectivity index (χ0) is 23.1. The van der Waals surface area contributed by atoms with Gasteiger partial charge in [0, 0.05) is 30.6 Å². The number of rotatable bonds is 4. The highest BCUT2D eigenvalue weighted by Gasteiger charge is 2.31. The minimum atomic E-state index is -0.646. The summed E-state index contributed by atoms with van der Waals surface area (Å²) in [5.41, 5.74) is 5.57. The molecule has 0 fully saturated rings. The van der Waals surface area contributed by atoms with Gasteiger partial charge in [-0.3, -0.25) is 0 Å². The van der Waals surface area contributed by atoms with Crippen LogP contribution in [-0.4, -0.2) is 5.79 Å².